The van der Waals surface area contributed by atoms with Gasteiger partial charge in [-0.05, 0) is 44.2 Å². The lowest BCUT2D eigenvalue weighted by Crippen LogP contribution is -2.39. The van der Waals surface area contributed by atoms with Gasteiger partial charge in [0, 0.05) is 43.1 Å². The smallest absolute Gasteiger partial charge is 0.274 e. The second kappa shape index (κ2) is 8.34. The molecule has 30 heavy (non-hydrogen) atoms. The van der Waals surface area contributed by atoms with Crippen LogP contribution in [0.25, 0.3) is 10.4 Å². The summed E-state index contributed by atoms with van der Waals surface area (Å²) in [6, 6.07) is 4.93. The summed E-state index contributed by atoms with van der Waals surface area (Å²) >= 11 is 1.64. The highest BCUT2D eigenvalue weighted by Gasteiger charge is 2.43. The Hall–Kier alpha value is -1.87. The molecule has 7 nitrogen and oxygen atoms in total. The molecule has 8 heteroatoms. The van der Waals surface area contributed by atoms with Crippen LogP contribution < -0.4 is 16.2 Å². The largest absolute Gasteiger partial charge is 0.336 e. The number of likely N-dealkylation sites (tertiary alicyclic amines) is 1. The highest BCUT2D eigenvalue weighted by molar-refractivity contribution is 7.15. The Balaban J connectivity index is 1.49. The van der Waals surface area contributed by atoms with E-state index in [2.05, 4.69) is 28.1 Å². The van der Waals surface area contributed by atoms with Gasteiger partial charge in [-0.15, -0.1) is 11.3 Å². The molecule has 0 spiro atoms. The maximum atomic E-state index is 13.5. The van der Waals surface area contributed by atoms with Gasteiger partial charge >= 0.3 is 0 Å². The van der Waals surface area contributed by atoms with Gasteiger partial charge < -0.3 is 10.2 Å². The number of thiazole rings is 1. The molecule has 2 aliphatic heterocycles. The van der Waals surface area contributed by atoms with Gasteiger partial charge in [0.1, 0.15) is 10.7 Å². The Labute approximate surface area is 181 Å². The van der Waals surface area contributed by atoms with E-state index < -0.39 is 0 Å². The van der Waals surface area contributed by atoms with Gasteiger partial charge in [0.2, 0.25) is 0 Å². The van der Waals surface area contributed by atoms with E-state index in [0.717, 1.165) is 35.0 Å². The van der Waals surface area contributed by atoms with Crippen molar-refractivity contribution in [3.63, 3.8) is 0 Å². The van der Waals surface area contributed by atoms with Crippen LogP contribution in [-0.4, -0.2) is 53.0 Å². The van der Waals surface area contributed by atoms with Gasteiger partial charge in [0.25, 0.3) is 5.91 Å². The van der Waals surface area contributed by atoms with Crippen LogP contribution in [0.1, 0.15) is 54.1 Å². The molecule has 4 heterocycles. The first kappa shape index (κ1) is 20.1. The Morgan fingerprint density at radius 1 is 1.30 bits per heavy atom. The van der Waals surface area contributed by atoms with Crippen molar-refractivity contribution in [1.29, 1.82) is 0 Å². The average Bonchev–Trinajstić information content (AvgIpc) is 3.51. The first-order valence-corrected chi connectivity index (χ1v) is 11.9. The van der Waals surface area contributed by atoms with Crippen LogP contribution in [0, 0.1) is 11.8 Å². The molecule has 0 radical (unpaired) electrons. The van der Waals surface area contributed by atoms with Gasteiger partial charge in [-0.3, -0.25) is 15.2 Å². The molecule has 0 bridgehead atoms. The summed E-state index contributed by atoms with van der Waals surface area (Å²) in [7, 11) is 1.96. The van der Waals surface area contributed by atoms with E-state index in [4.69, 9.17) is 4.98 Å². The van der Waals surface area contributed by atoms with Gasteiger partial charge in [-0.25, -0.2) is 10.4 Å². The molecule has 3 aliphatic rings. The molecule has 0 aromatic carbocycles. The summed E-state index contributed by atoms with van der Waals surface area (Å²) < 4.78 is 0. The minimum absolute atomic E-state index is 0.0358. The molecule has 3 N–H and O–H groups in total. The molecular formula is C22H30N6OS. The topological polar surface area (TPSA) is 82.2 Å². The number of fused-ring (bicyclic) bond motifs is 1. The third-order valence-corrected chi connectivity index (χ3v) is 8.21. The van der Waals surface area contributed by atoms with E-state index >= 15 is 0 Å². The van der Waals surface area contributed by atoms with Crippen LogP contribution in [0.5, 0.6) is 0 Å². The predicted molar refractivity (Wildman–Crippen MR) is 118 cm³/mol. The molecule has 160 valence electrons. The lowest BCUT2D eigenvalue weighted by molar-refractivity contribution is 0.0785. The highest BCUT2D eigenvalue weighted by atomic mass is 32.1. The molecule has 1 amide bonds. The van der Waals surface area contributed by atoms with Crippen LogP contribution in [0.3, 0.4) is 0 Å². The third-order valence-electron chi connectivity index (χ3n) is 7.02. The van der Waals surface area contributed by atoms with Crippen molar-refractivity contribution in [2.45, 2.75) is 50.7 Å². The zero-order valence-electron chi connectivity index (χ0n) is 17.6. The summed E-state index contributed by atoms with van der Waals surface area (Å²) in [6.45, 7) is 3.84. The minimum Gasteiger partial charge on any atom is -0.336 e. The van der Waals surface area contributed by atoms with Crippen LogP contribution in [0.2, 0.25) is 0 Å². The van der Waals surface area contributed by atoms with Crippen molar-refractivity contribution in [3.05, 3.63) is 35.2 Å². The number of amides is 1. The lowest BCUT2D eigenvalue weighted by Gasteiger charge is -2.31. The molecule has 4 unspecified atom stereocenters. The van der Waals surface area contributed by atoms with Gasteiger partial charge in [0.15, 0.2) is 0 Å². The number of hydrazine groups is 1. The molecular weight excluding hydrogens is 396 g/mol. The normalized spacial score (nSPS) is 31.1. The summed E-state index contributed by atoms with van der Waals surface area (Å²) in [5.41, 5.74) is 8.58. The van der Waals surface area contributed by atoms with E-state index in [1.807, 2.05) is 30.3 Å². The maximum Gasteiger partial charge on any atom is 0.274 e. The van der Waals surface area contributed by atoms with Gasteiger partial charge in [0.05, 0.1) is 10.9 Å². The molecule has 1 aliphatic carbocycles. The van der Waals surface area contributed by atoms with Gasteiger partial charge in [-0.1, -0.05) is 19.4 Å². The average molecular weight is 427 g/mol. The molecule has 5 rings (SSSR count). The first-order valence-electron chi connectivity index (χ1n) is 11.0. The molecule has 2 aromatic rings. The number of rotatable bonds is 4. The Morgan fingerprint density at radius 2 is 2.20 bits per heavy atom. The number of carbonyl (C=O) groups is 1. The second-order valence-electron chi connectivity index (χ2n) is 8.86. The Bertz CT molecular complexity index is 902. The molecule has 2 aromatic heterocycles. The third kappa shape index (κ3) is 3.56. The van der Waals surface area contributed by atoms with Crippen molar-refractivity contribution in [2.75, 3.05) is 20.1 Å². The van der Waals surface area contributed by atoms with Gasteiger partial charge in [-0.2, -0.15) is 0 Å². The summed E-state index contributed by atoms with van der Waals surface area (Å²) in [4.78, 5) is 25.6. The second-order valence-corrected chi connectivity index (χ2v) is 9.89. The van der Waals surface area contributed by atoms with E-state index in [1.54, 1.807) is 17.5 Å². The van der Waals surface area contributed by atoms with E-state index in [-0.39, 0.29) is 11.9 Å². The number of aromatic nitrogens is 2. The lowest BCUT2D eigenvalue weighted by atomic mass is 9.76. The zero-order valence-corrected chi connectivity index (χ0v) is 18.4. The highest BCUT2D eigenvalue weighted by Crippen LogP contribution is 2.43. The van der Waals surface area contributed by atoms with E-state index in [0.29, 0.717) is 29.6 Å². The summed E-state index contributed by atoms with van der Waals surface area (Å²) in [5.74, 6) is 1.21. The number of hydrogen-bond acceptors (Lipinski definition) is 7. The fourth-order valence-corrected chi connectivity index (χ4v) is 6.43. The SMILES string of the molecule is CN[C@H]1CCN(C(=O)c2nc(C3NNC4C(C)CCCC34)sc2-c2cccnc2)C1. The number of nitrogens with zero attached hydrogens (tertiary/aromatic N) is 3. The van der Waals surface area contributed by atoms with E-state index in [1.165, 1.54) is 19.3 Å². The molecule has 3 fully saturated rings. The summed E-state index contributed by atoms with van der Waals surface area (Å²) in [5, 5.41) is 4.30. The molecule has 1 saturated carbocycles. The van der Waals surface area contributed by atoms with Crippen molar-refractivity contribution >= 4 is 17.2 Å². The van der Waals surface area contributed by atoms with Crippen molar-refractivity contribution in [2.24, 2.45) is 11.8 Å². The van der Waals surface area contributed by atoms with Crippen LogP contribution in [0.15, 0.2) is 24.5 Å². The Morgan fingerprint density at radius 3 is 2.97 bits per heavy atom. The zero-order chi connectivity index (χ0) is 20.7. The quantitative estimate of drug-likeness (QED) is 0.697. The van der Waals surface area contributed by atoms with Crippen molar-refractivity contribution in [3.8, 4) is 10.4 Å². The number of likely N-dealkylation sites (N-methyl/N-ethyl adjacent to an activating group) is 1. The first-order chi connectivity index (χ1) is 14.7. The standard InChI is InChI=1S/C22H30N6OS/c1-13-5-3-7-16-17(13)26-27-18(16)21-25-19(20(30-21)14-6-4-9-24-11-14)22(29)28-10-8-15(12-28)23-2/h4,6,9,11,13,15-18,23,26-27H,3,5,7-8,10,12H2,1-2H3/t13?,15-,16?,17?,18?/m0/s1. The van der Waals surface area contributed by atoms with Crippen LogP contribution in [0.4, 0.5) is 0 Å². The van der Waals surface area contributed by atoms with E-state index in [9.17, 15) is 4.79 Å². The van der Waals surface area contributed by atoms with Crippen molar-refractivity contribution < 1.29 is 4.79 Å². The predicted octanol–water partition coefficient (Wildman–Crippen LogP) is 2.59. The minimum atomic E-state index is 0.0358. The summed E-state index contributed by atoms with van der Waals surface area (Å²) in [6.07, 6.45) is 8.31. The molecule has 2 saturated heterocycles. The number of hydrogen-bond donors (Lipinski definition) is 3. The van der Waals surface area contributed by atoms with Crippen LogP contribution >= 0.6 is 11.3 Å². The fourth-order valence-electron chi connectivity index (χ4n) is 5.26. The molecule has 5 atom stereocenters. The maximum absolute atomic E-state index is 13.5. The van der Waals surface area contributed by atoms with Crippen LogP contribution in [-0.2, 0) is 0 Å². The van der Waals surface area contributed by atoms with Crippen molar-refractivity contribution in [1.82, 2.24) is 31.0 Å². The number of pyridine rings is 1. The fraction of sp³-hybridized carbons (Fsp3) is 0.591. The number of carbonyl (C=O) groups excluding carboxylic acids is 1. The Kier molecular flexibility index (Phi) is 5.58. The number of nitrogens with one attached hydrogen (secondary N) is 3. The monoisotopic (exact) mass is 426 g/mol.